The van der Waals surface area contributed by atoms with E-state index in [9.17, 15) is 15.0 Å². The molecule has 0 aliphatic carbocycles. The van der Waals surface area contributed by atoms with E-state index in [4.69, 9.17) is 5.73 Å². The fourth-order valence-electron chi connectivity index (χ4n) is 2.74. The number of nitrogens with one attached hydrogen (secondary N) is 2. The maximum absolute atomic E-state index is 11.9. The first kappa shape index (κ1) is 17.5. The average Bonchev–Trinajstić information content (AvgIpc) is 3.04. The van der Waals surface area contributed by atoms with Crippen molar-refractivity contribution in [3.63, 3.8) is 0 Å². The third kappa shape index (κ3) is 4.01. The van der Waals surface area contributed by atoms with Gasteiger partial charge < -0.3 is 21.3 Å². The molecule has 0 atom stereocenters. The van der Waals surface area contributed by atoms with Gasteiger partial charge in [-0.2, -0.15) is 5.10 Å². The van der Waals surface area contributed by atoms with Gasteiger partial charge in [0.1, 0.15) is 11.3 Å². The molecule has 2 aromatic carbocycles. The predicted molar refractivity (Wildman–Crippen MR) is 97.7 cm³/mol. The molecule has 3 rings (SSSR count). The number of carbonyl (C=O) groups is 1. The van der Waals surface area contributed by atoms with Crippen LogP contribution in [0.15, 0.2) is 48.5 Å². The van der Waals surface area contributed by atoms with Crippen LogP contribution in [0.1, 0.15) is 32.7 Å². The Balaban J connectivity index is 1.79. The highest BCUT2D eigenvalue weighted by atomic mass is 16.3. The van der Waals surface area contributed by atoms with Crippen molar-refractivity contribution in [2.45, 2.75) is 19.6 Å². The molecule has 0 saturated carbocycles. The number of H-pyrrole nitrogens is 1. The number of amides is 1. The first-order valence-electron chi connectivity index (χ1n) is 8.14. The third-order valence-electron chi connectivity index (χ3n) is 4.04. The number of hydrogen-bond donors (Lipinski definition) is 5. The molecule has 0 unspecified atom stereocenters. The number of benzene rings is 2. The largest absolute Gasteiger partial charge is 0.508 e. The minimum atomic E-state index is -0.569. The number of hydrogen-bond acceptors (Lipinski definition) is 5. The fraction of sp³-hybridized carbons (Fsp3) is 0.158. The molecule has 134 valence electrons. The monoisotopic (exact) mass is 352 g/mol. The topological polar surface area (TPSA) is 124 Å². The number of primary amides is 1. The Bertz CT molecular complexity index is 903. The second-order valence-electron chi connectivity index (χ2n) is 5.96. The number of rotatable bonds is 7. The first-order valence-corrected chi connectivity index (χ1v) is 8.14. The highest BCUT2D eigenvalue weighted by molar-refractivity contribution is 5.98. The Morgan fingerprint density at radius 3 is 2.54 bits per heavy atom. The van der Waals surface area contributed by atoms with E-state index in [-0.39, 0.29) is 12.4 Å². The highest BCUT2D eigenvalue weighted by Crippen LogP contribution is 2.21. The summed E-state index contributed by atoms with van der Waals surface area (Å²) < 4.78 is 0. The van der Waals surface area contributed by atoms with Gasteiger partial charge in [0, 0.05) is 13.0 Å². The number of aromatic hydroxyl groups is 1. The molecule has 7 nitrogen and oxygen atoms in total. The van der Waals surface area contributed by atoms with Gasteiger partial charge in [-0.05, 0) is 28.8 Å². The zero-order valence-electron chi connectivity index (χ0n) is 14.1. The van der Waals surface area contributed by atoms with Crippen LogP contribution in [0.2, 0.25) is 0 Å². The summed E-state index contributed by atoms with van der Waals surface area (Å²) in [5.74, 6) is 0.0119. The van der Waals surface area contributed by atoms with E-state index in [2.05, 4.69) is 15.5 Å². The lowest BCUT2D eigenvalue weighted by Gasteiger charge is -2.07. The Labute approximate surface area is 150 Å². The van der Waals surface area contributed by atoms with E-state index in [1.54, 1.807) is 24.3 Å². The van der Waals surface area contributed by atoms with Gasteiger partial charge in [-0.15, -0.1) is 0 Å². The molecule has 0 aliphatic heterocycles. The normalized spacial score (nSPS) is 10.7. The fourth-order valence-corrected chi connectivity index (χ4v) is 2.74. The predicted octanol–water partition coefficient (Wildman–Crippen LogP) is 1.91. The number of aromatic nitrogens is 2. The van der Waals surface area contributed by atoms with E-state index in [1.165, 1.54) is 0 Å². The molecule has 3 aromatic rings. The number of nitrogens with zero attached hydrogens (tertiary/aromatic N) is 1. The number of nitrogens with two attached hydrogens (primary N) is 1. The standard InChI is InChI=1S/C19H20N4O3/c20-18(26)17-16(9-13-2-1-3-14(8-13)11-24)22-23-19(17)21-10-12-4-6-15(25)7-5-12/h1-8,24-25H,9-11H2,(H2,20,26)(H2,21,22,23). The molecule has 6 N–H and O–H groups in total. The van der Waals surface area contributed by atoms with Crippen molar-refractivity contribution in [2.24, 2.45) is 5.73 Å². The van der Waals surface area contributed by atoms with Crippen LogP contribution < -0.4 is 11.1 Å². The molecule has 0 radical (unpaired) electrons. The second kappa shape index (κ2) is 7.71. The third-order valence-corrected chi connectivity index (χ3v) is 4.04. The quantitative estimate of drug-likeness (QED) is 0.444. The molecule has 0 saturated heterocycles. The van der Waals surface area contributed by atoms with Gasteiger partial charge in [-0.1, -0.05) is 36.4 Å². The molecule has 0 aliphatic rings. The number of phenolic OH excluding ortho intramolecular Hbond substituents is 1. The summed E-state index contributed by atoms with van der Waals surface area (Å²) in [6, 6.07) is 14.2. The van der Waals surface area contributed by atoms with Crippen molar-refractivity contribution in [1.82, 2.24) is 10.2 Å². The Kier molecular flexibility index (Phi) is 5.19. The van der Waals surface area contributed by atoms with Gasteiger partial charge in [-0.25, -0.2) is 0 Å². The zero-order chi connectivity index (χ0) is 18.5. The van der Waals surface area contributed by atoms with Crippen molar-refractivity contribution < 1.29 is 15.0 Å². The van der Waals surface area contributed by atoms with Gasteiger partial charge in [0.05, 0.1) is 12.3 Å². The summed E-state index contributed by atoms with van der Waals surface area (Å²) >= 11 is 0. The minimum absolute atomic E-state index is 0.0427. The highest BCUT2D eigenvalue weighted by Gasteiger charge is 2.18. The van der Waals surface area contributed by atoms with E-state index in [0.29, 0.717) is 30.0 Å². The van der Waals surface area contributed by atoms with E-state index >= 15 is 0 Å². The van der Waals surface area contributed by atoms with Gasteiger partial charge >= 0.3 is 0 Å². The lowest BCUT2D eigenvalue weighted by atomic mass is 10.0. The molecule has 1 amide bonds. The summed E-state index contributed by atoms with van der Waals surface area (Å²) in [6.07, 6.45) is 0.444. The minimum Gasteiger partial charge on any atom is -0.508 e. The first-order chi connectivity index (χ1) is 12.6. The van der Waals surface area contributed by atoms with Crippen LogP contribution in [0.25, 0.3) is 0 Å². The molecule has 26 heavy (non-hydrogen) atoms. The lowest BCUT2D eigenvalue weighted by Crippen LogP contribution is -2.15. The average molecular weight is 352 g/mol. The van der Waals surface area contributed by atoms with Crippen molar-refractivity contribution in [3.8, 4) is 5.75 Å². The van der Waals surface area contributed by atoms with Crippen LogP contribution in [0.5, 0.6) is 5.75 Å². The molecule has 1 aromatic heterocycles. The number of carbonyl (C=O) groups excluding carboxylic acids is 1. The molecular formula is C19H20N4O3. The smallest absolute Gasteiger partial charge is 0.254 e. The number of aliphatic hydroxyl groups is 1. The van der Waals surface area contributed by atoms with Gasteiger partial charge in [0.15, 0.2) is 5.82 Å². The van der Waals surface area contributed by atoms with E-state index < -0.39 is 5.91 Å². The van der Waals surface area contributed by atoms with Crippen LogP contribution in [0.4, 0.5) is 5.82 Å². The number of aromatic amines is 1. The summed E-state index contributed by atoms with van der Waals surface area (Å²) in [5.41, 5.74) is 9.14. The molecular weight excluding hydrogens is 332 g/mol. The van der Waals surface area contributed by atoms with Crippen LogP contribution in [-0.2, 0) is 19.6 Å². The maximum atomic E-state index is 11.9. The number of anilines is 1. The molecule has 7 heteroatoms. The van der Waals surface area contributed by atoms with Crippen molar-refractivity contribution in [3.05, 3.63) is 76.5 Å². The molecule has 0 bridgehead atoms. The second-order valence-corrected chi connectivity index (χ2v) is 5.96. The Morgan fingerprint density at radius 2 is 1.85 bits per heavy atom. The Hall–Kier alpha value is -3.32. The van der Waals surface area contributed by atoms with Crippen LogP contribution in [0, 0.1) is 0 Å². The van der Waals surface area contributed by atoms with Gasteiger partial charge in [0.25, 0.3) is 5.91 Å². The van der Waals surface area contributed by atoms with Crippen LogP contribution in [-0.4, -0.2) is 26.3 Å². The van der Waals surface area contributed by atoms with E-state index in [1.807, 2.05) is 24.3 Å². The van der Waals surface area contributed by atoms with Crippen molar-refractivity contribution in [2.75, 3.05) is 5.32 Å². The molecule has 0 spiro atoms. The van der Waals surface area contributed by atoms with Gasteiger partial charge in [0.2, 0.25) is 0 Å². The summed E-state index contributed by atoms with van der Waals surface area (Å²) in [7, 11) is 0. The SMILES string of the molecule is NC(=O)c1c(NCc2ccc(O)cc2)n[nH]c1Cc1cccc(CO)c1. The van der Waals surface area contributed by atoms with Gasteiger partial charge in [-0.3, -0.25) is 9.89 Å². The van der Waals surface area contributed by atoms with Crippen molar-refractivity contribution >= 4 is 11.7 Å². The summed E-state index contributed by atoms with van der Waals surface area (Å²) in [5, 5.41) is 28.7. The molecule has 0 fully saturated rings. The number of aliphatic hydroxyl groups excluding tert-OH is 1. The Morgan fingerprint density at radius 1 is 1.12 bits per heavy atom. The van der Waals surface area contributed by atoms with Crippen molar-refractivity contribution in [1.29, 1.82) is 0 Å². The zero-order valence-corrected chi connectivity index (χ0v) is 14.1. The van der Waals surface area contributed by atoms with Crippen LogP contribution >= 0.6 is 0 Å². The molecule has 1 heterocycles. The van der Waals surface area contributed by atoms with Crippen LogP contribution in [0.3, 0.4) is 0 Å². The van der Waals surface area contributed by atoms with E-state index in [0.717, 1.165) is 16.7 Å². The summed E-state index contributed by atoms with van der Waals surface area (Å²) in [6.45, 7) is 0.393. The maximum Gasteiger partial charge on any atom is 0.254 e. The summed E-state index contributed by atoms with van der Waals surface area (Å²) in [4.78, 5) is 11.9. The number of phenols is 1. The lowest BCUT2D eigenvalue weighted by molar-refractivity contribution is 0.100.